The highest BCUT2D eigenvalue weighted by Gasteiger charge is 2.25. The molecule has 1 atom stereocenters. The van der Waals surface area contributed by atoms with Crippen LogP contribution in [0.2, 0.25) is 0 Å². The Kier molecular flexibility index (Phi) is 7.49. The molecule has 0 unspecified atom stereocenters. The highest BCUT2D eigenvalue weighted by molar-refractivity contribution is 5.24. The first-order valence-corrected chi connectivity index (χ1v) is 10.7. The largest absolute Gasteiger partial charge is 0.299 e. The van der Waals surface area contributed by atoms with Crippen LogP contribution in [0.5, 0.6) is 0 Å². The Morgan fingerprint density at radius 1 is 0.963 bits per heavy atom. The van der Waals surface area contributed by atoms with Crippen molar-refractivity contribution >= 4 is 0 Å². The second-order valence-electron chi connectivity index (χ2n) is 8.50. The van der Waals surface area contributed by atoms with Crippen LogP contribution >= 0.6 is 0 Å². The average molecular weight is 365 g/mol. The zero-order valence-corrected chi connectivity index (χ0v) is 17.4. The smallest absolute Gasteiger partial charge is 0.0238 e. The molecule has 146 valence electrons. The fourth-order valence-corrected chi connectivity index (χ4v) is 4.43. The number of hydrogen-bond donors (Lipinski definition) is 0. The minimum absolute atomic E-state index is 0.706. The van der Waals surface area contributed by atoms with Crippen molar-refractivity contribution in [2.75, 3.05) is 19.6 Å². The van der Waals surface area contributed by atoms with E-state index in [4.69, 9.17) is 0 Å². The summed E-state index contributed by atoms with van der Waals surface area (Å²) < 4.78 is 0. The number of likely N-dealkylation sites (tertiary alicyclic amines) is 1. The number of hydrogen-bond acceptors (Lipinski definition) is 2. The lowest BCUT2D eigenvalue weighted by Gasteiger charge is -2.30. The van der Waals surface area contributed by atoms with Crippen molar-refractivity contribution in [3.8, 4) is 0 Å². The molecule has 0 saturated carbocycles. The highest BCUT2D eigenvalue weighted by atomic mass is 15.2. The van der Waals surface area contributed by atoms with Crippen molar-refractivity contribution in [1.82, 2.24) is 9.80 Å². The number of nitrogens with zero attached hydrogens (tertiary/aromatic N) is 2. The van der Waals surface area contributed by atoms with E-state index in [2.05, 4.69) is 85.2 Å². The lowest BCUT2D eigenvalue weighted by Crippen LogP contribution is -2.39. The molecule has 0 aromatic heterocycles. The summed E-state index contributed by atoms with van der Waals surface area (Å²) in [7, 11) is 0. The van der Waals surface area contributed by atoms with E-state index < -0.39 is 0 Å². The summed E-state index contributed by atoms with van der Waals surface area (Å²) in [5, 5.41) is 0. The van der Waals surface area contributed by atoms with Crippen LogP contribution in [0.3, 0.4) is 0 Å². The molecule has 0 spiro atoms. The van der Waals surface area contributed by atoms with Gasteiger partial charge >= 0.3 is 0 Å². The van der Waals surface area contributed by atoms with E-state index in [1.54, 1.807) is 0 Å². The summed E-state index contributed by atoms with van der Waals surface area (Å²) in [6.07, 6.45) is 3.85. The van der Waals surface area contributed by atoms with E-state index >= 15 is 0 Å². The minimum atomic E-state index is 0.706. The van der Waals surface area contributed by atoms with Gasteiger partial charge in [0.05, 0.1) is 0 Å². The summed E-state index contributed by atoms with van der Waals surface area (Å²) in [6, 6.07) is 20.9. The van der Waals surface area contributed by atoms with Gasteiger partial charge in [0.15, 0.2) is 0 Å². The Morgan fingerprint density at radius 3 is 2.41 bits per heavy atom. The van der Waals surface area contributed by atoms with Crippen molar-refractivity contribution in [2.24, 2.45) is 5.92 Å². The molecule has 0 aliphatic carbocycles. The number of rotatable bonds is 9. The van der Waals surface area contributed by atoms with Gasteiger partial charge in [-0.05, 0) is 55.0 Å². The Balaban J connectivity index is 1.72. The van der Waals surface area contributed by atoms with Gasteiger partial charge in [-0.2, -0.15) is 0 Å². The van der Waals surface area contributed by atoms with Crippen molar-refractivity contribution in [3.05, 3.63) is 71.3 Å². The summed E-state index contributed by atoms with van der Waals surface area (Å²) in [5.41, 5.74) is 4.33. The lowest BCUT2D eigenvalue weighted by molar-refractivity contribution is 0.166. The van der Waals surface area contributed by atoms with Gasteiger partial charge in [-0.15, -0.1) is 0 Å². The molecule has 3 rings (SSSR count). The van der Waals surface area contributed by atoms with Gasteiger partial charge in [-0.1, -0.05) is 75.4 Å². The zero-order chi connectivity index (χ0) is 19.1. The van der Waals surface area contributed by atoms with Crippen LogP contribution < -0.4 is 0 Å². The normalized spacial score (nSPS) is 17.9. The van der Waals surface area contributed by atoms with Crippen LogP contribution in [-0.2, 0) is 19.5 Å². The van der Waals surface area contributed by atoms with Crippen molar-refractivity contribution in [2.45, 2.75) is 59.2 Å². The first-order chi connectivity index (χ1) is 13.1. The van der Waals surface area contributed by atoms with Crippen LogP contribution in [-0.4, -0.2) is 35.5 Å². The van der Waals surface area contributed by atoms with Crippen LogP contribution in [0, 0.1) is 5.92 Å². The molecule has 0 N–H and O–H groups in total. The molecule has 27 heavy (non-hydrogen) atoms. The molecular weight excluding hydrogens is 328 g/mol. The van der Waals surface area contributed by atoms with Crippen LogP contribution in [0.4, 0.5) is 0 Å². The molecule has 0 amide bonds. The van der Waals surface area contributed by atoms with Gasteiger partial charge in [0.2, 0.25) is 0 Å². The van der Waals surface area contributed by atoms with E-state index in [-0.39, 0.29) is 0 Å². The molecule has 2 aromatic rings. The minimum Gasteiger partial charge on any atom is -0.299 e. The van der Waals surface area contributed by atoms with Gasteiger partial charge in [0, 0.05) is 25.7 Å². The molecular formula is C25H36N2. The van der Waals surface area contributed by atoms with Gasteiger partial charge < -0.3 is 0 Å². The van der Waals surface area contributed by atoms with E-state index in [0.717, 1.165) is 19.6 Å². The lowest BCUT2D eigenvalue weighted by atomic mass is 10.0. The second-order valence-corrected chi connectivity index (χ2v) is 8.50. The van der Waals surface area contributed by atoms with Crippen LogP contribution in [0.15, 0.2) is 54.6 Å². The number of benzene rings is 2. The molecule has 2 heteroatoms. The standard InChI is InChI=1S/C25H36N2/c1-4-27-15-9-14-25(27)20-26(18-22-10-6-5-7-11-22)19-24-13-8-12-23(17-24)16-21(2)3/h5-8,10-13,17,21,25H,4,9,14-16,18-20H2,1-3H3/t25-/m0/s1. The van der Waals surface area contributed by atoms with E-state index in [0.29, 0.717) is 12.0 Å². The molecule has 1 fully saturated rings. The third-order valence-electron chi connectivity index (χ3n) is 5.66. The monoisotopic (exact) mass is 364 g/mol. The highest BCUT2D eigenvalue weighted by Crippen LogP contribution is 2.21. The quantitative estimate of drug-likeness (QED) is 0.590. The molecule has 2 aromatic carbocycles. The average Bonchev–Trinajstić information content (AvgIpc) is 3.09. The maximum absolute atomic E-state index is 2.66. The van der Waals surface area contributed by atoms with Gasteiger partial charge in [-0.25, -0.2) is 0 Å². The Hall–Kier alpha value is -1.64. The van der Waals surface area contributed by atoms with Crippen molar-refractivity contribution in [3.63, 3.8) is 0 Å². The maximum Gasteiger partial charge on any atom is 0.0238 e. The Bertz CT molecular complexity index is 680. The predicted octanol–water partition coefficient (Wildman–Crippen LogP) is 5.37. The molecule has 0 radical (unpaired) electrons. The third kappa shape index (κ3) is 6.19. The zero-order valence-electron chi connectivity index (χ0n) is 17.4. The van der Waals surface area contributed by atoms with Crippen molar-refractivity contribution in [1.29, 1.82) is 0 Å². The number of likely N-dealkylation sites (N-methyl/N-ethyl adjacent to an activating group) is 1. The fourth-order valence-electron chi connectivity index (χ4n) is 4.43. The van der Waals surface area contributed by atoms with Crippen molar-refractivity contribution < 1.29 is 0 Å². The first-order valence-electron chi connectivity index (χ1n) is 10.7. The summed E-state index contributed by atoms with van der Waals surface area (Å²) in [6.45, 7) is 12.6. The van der Waals surface area contributed by atoms with E-state index in [9.17, 15) is 0 Å². The summed E-state index contributed by atoms with van der Waals surface area (Å²) in [4.78, 5) is 5.32. The molecule has 1 aliphatic heterocycles. The maximum atomic E-state index is 2.66. The van der Waals surface area contributed by atoms with Crippen LogP contribution in [0.1, 0.15) is 50.3 Å². The third-order valence-corrected chi connectivity index (χ3v) is 5.66. The second kappa shape index (κ2) is 10.1. The summed E-state index contributed by atoms with van der Waals surface area (Å²) >= 11 is 0. The van der Waals surface area contributed by atoms with Gasteiger partial charge in [-0.3, -0.25) is 9.80 Å². The predicted molar refractivity (Wildman–Crippen MR) is 116 cm³/mol. The van der Waals surface area contributed by atoms with Crippen LogP contribution in [0.25, 0.3) is 0 Å². The molecule has 0 bridgehead atoms. The SMILES string of the molecule is CCN1CCC[C@H]1CN(Cc1ccccc1)Cc1cccc(CC(C)C)c1. The van der Waals surface area contributed by atoms with Gasteiger partial charge in [0.1, 0.15) is 0 Å². The Labute approximate surface area is 166 Å². The van der Waals surface area contributed by atoms with E-state index in [1.807, 2.05) is 0 Å². The van der Waals surface area contributed by atoms with E-state index in [1.165, 1.54) is 49.0 Å². The molecule has 1 heterocycles. The Morgan fingerprint density at radius 2 is 1.67 bits per heavy atom. The fraction of sp³-hybridized carbons (Fsp3) is 0.520. The molecule has 1 saturated heterocycles. The van der Waals surface area contributed by atoms with Gasteiger partial charge in [0.25, 0.3) is 0 Å². The first kappa shape index (κ1) is 20.1. The molecule has 2 nitrogen and oxygen atoms in total. The molecule has 1 aliphatic rings. The topological polar surface area (TPSA) is 6.48 Å². The summed E-state index contributed by atoms with van der Waals surface area (Å²) in [5.74, 6) is 0.706.